The number of sulfone groups is 1. The highest BCUT2D eigenvalue weighted by atomic mass is 32.2. The number of rotatable bonds is 7. The lowest BCUT2D eigenvalue weighted by molar-refractivity contribution is 0.295. The van der Waals surface area contributed by atoms with E-state index in [1.165, 1.54) is 22.3 Å². The fraction of sp³-hybridized carbons (Fsp3) is 0.529. The summed E-state index contributed by atoms with van der Waals surface area (Å²) in [7, 11) is -3.83. The minimum atomic E-state index is -3.83. The van der Waals surface area contributed by atoms with Gasteiger partial charge in [-0.3, -0.25) is 0 Å². The first-order chi connectivity index (χ1) is 13.0. The number of hydrogen-bond acceptors (Lipinski definition) is 7. The molecular weight excluding hydrogens is 391 g/mol. The van der Waals surface area contributed by atoms with Gasteiger partial charge in [0.15, 0.2) is 12.3 Å². The van der Waals surface area contributed by atoms with Crippen molar-refractivity contribution < 1.29 is 17.4 Å². The van der Waals surface area contributed by atoms with Crippen LogP contribution >= 0.6 is 12.3 Å². The van der Waals surface area contributed by atoms with Gasteiger partial charge in [0, 0.05) is 12.3 Å². The molecule has 2 aliphatic carbocycles. The maximum absolute atomic E-state index is 13.3. The van der Waals surface area contributed by atoms with Crippen LogP contribution < -0.4 is 5.32 Å². The highest BCUT2D eigenvalue weighted by Crippen LogP contribution is 2.39. The SMILES string of the molecule is O=S(=O)(CCCO)c1nc(Nc2c3c(cc4c2CCC4)CCC3)nn1SF. The van der Waals surface area contributed by atoms with Gasteiger partial charge in [0.25, 0.3) is 5.16 Å². The molecule has 2 aromatic rings. The molecule has 0 bridgehead atoms. The molecule has 0 saturated carbocycles. The van der Waals surface area contributed by atoms with Crippen molar-refractivity contribution in [2.24, 2.45) is 0 Å². The van der Waals surface area contributed by atoms with Crippen LogP contribution in [0.15, 0.2) is 11.2 Å². The summed E-state index contributed by atoms with van der Waals surface area (Å²) in [6, 6.07) is 2.30. The maximum Gasteiger partial charge on any atom is 0.260 e. The normalized spacial score (nSPS) is 15.8. The summed E-state index contributed by atoms with van der Waals surface area (Å²) in [6.07, 6.45) is 6.26. The van der Waals surface area contributed by atoms with Crippen molar-refractivity contribution in [3.63, 3.8) is 0 Å². The Morgan fingerprint density at radius 2 is 1.85 bits per heavy atom. The van der Waals surface area contributed by atoms with Crippen LogP contribution in [0.1, 0.15) is 41.5 Å². The predicted molar refractivity (Wildman–Crippen MR) is 102 cm³/mol. The lowest BCUT2D eigenvalue weighted by Gasteiger charge is -2.15. The van der Waals surface area contributed by atoms with Crippen molar-refractivity contribution in [1.29, 1.82) is 0 Å². The van der Waals surface area contributed by atoms with Crippen molar-refractivity contribution in [2.45, 2.75) is 50.1 Å². The quantitative estimate of drug-likeness (QED) is 0.721. The molecule has 0 amide bonds. The molecule has 1 aromatic heterocycles. The number of aliphatic hydroxyl groups excluding tert-OH is 1. The molecule has 10 heteroatoms. The summed E-state index contributed by atoms with van der Waals surface area (Å²) in [5.74, 6) is -0.227. The van der Waals surface area contributed by atoms with Crippen LogP contribution in [0, 0.1) is 0 Å². The molecule has 146 valence electrons. The number of hydrogen-bond donors (Lipinski definition) is 2. The molecule has 0 unspecified atom stereocenters. The van der Waals surface area contributed by atoms with Crippen molar-refractivity contribution in [3.8, 4) is 0 Å². The van der Waals surface area contributed by atoms with Gasteiger partial charge in [-0.05, 0) is 67.2 Å². The number of aliphatic hydroxyl groups is 1. The van der Waals surface area contributed by atoms with Crippen molar-refractivity contribution in [1.82, 2.24) is 14.2 Å². The third-order valence-corrected chi connectivity index (χ3v) is 7.32. The zero-order valence-corrected chi connectivity index (χ0v) is 16.4. The lowest BCUT2D eigenvalue weighted by Crippen LogP contribution is -2.12. The Bertz CT molecular complexity index is 943. The van der Waals surface area contributed by atoms with Gasteiger partial charge in [0.1, 0.15) is 0 Å². The summed E-state index contributed by atoms with van der Waals surface area (Å²) < 4.78 is 38.7. The van der Waals surface area contributed by atoms with E-state index in [9.17, 15) is 12.3 Å². The molecule has 2 N–H and O–H groups in total. The topological polar surface area (TPSA) is 97.1 Å². The zero-order valence-electron chi connectivity index (χ0n) is 14.7. The average Bonchev–Trinajstić information content (AvgIpc) is 3.38. The lowest BCUT2D eigenvalue weighted by atomic mass is 9.99. The molecule has 0 spiro atoms. The summed E-state index contributed by atoms with van der Waals surface area (Å²) in [4.78, 5) is 4.06. The van der Waals surface area contributed by atoms with Gasteiger partial charge in [-0.2, -0.15) is 4.98 Å². The second-order valence-electron chi connectivity index (χ2n) is 6.91. The van der Waals surface area contributed by atoms with E-state index in [1.54, 1.807) is 0 Å². The molecule has 4 rings (SSSR count). The fourth-order valence-corrected chi connectivity index (χ4v) is 5.83. The molecular formula is C17H21FN4O3S2. The molecule has 2 aliphatic rings. The molecule has 7 nitrogen and oxygen atoms in total. The summed E-state index contributed by atoms with van der Waals surface area (Å²) >= 11 is -0.301. The highest BCUT2D eigenvalue weighted by Gasteiger charge is 2.28. The Kier molecular flexibility index (Phi) is 5.13. The smallest absolute Gasteiger partial charge is 0.260 e. The summed E-state index contributed by atoms with van der Waals surface area (Å²) in [6.45, 7) is -0.260. The number of aromatic nitrogens is 3. The molecule has 0 saturated heterocycles. The first kappa shape index (κ1) is 18.7. The van der Waals surface area contributed by atoms with E-state index in [4.69, 9.17) is 5.11 Å². The van der Waals surface area contributed by atoms with Gasteiger partial charge in [0.2, 0.25) is 15.8 Å². The fourth-order valence-electron chi connectivity index (χ4n) is 4.00. The van der Waals surface area contributed by atoms with Gasteiger partial charge in [-0.25, -0.2) is 8.42 Å². The van der Waals surface area contributed by atoms with Crippen molar-refractivity contribution >= 4 is 33.8 Å². The molecule has 0 atom stereocenters. The minimum absolute atomic E-state index is 0.0641. The highest BCUT2D eigenvalue weighted by molar-refractivity contribution is 7.94. The predicted octanol–water partition coefficient (Wildman–Crippen LogP) is 2.54. The van der Waals surface area contributed by atoms with Crippen LogP contribution in [0.5, 0.6) is 0 Å². The van der Waals surface area contributed by atoms with E-state index in [-0.39, 0.29) is 37.1 Å². The first-order valence-electron chi connectivity index (χ1n) is 9.07. The van der Waals surface area contributed by atoms with E-state index in [0.717, 1.165) is 44.2 Å². The Morgan fingerprint density at radius 1 is 1.19 bits per heavy atom. The van der Waals surface area contributed by atoms with Gasteiger partial charge >= 0.3 is 0 Å². The molecule has 0 radical (unpaired) electrons. The molecule has 1 aromatic carbocycles. The van der Waals surface area contributed by atoms with Crippen LogP contribution in [0.25, 0.3) is 0 Å². The van der Waals surface area contributed by atoms with Crippen molar-refractivity contribution in [2.75, 3.05) is 17.7 Å². The van der Waals surface area contributed by atoms with Crippen LogP contribution in [0.4, 0.5) is 15.5 Å². The number of benzene rings is 1. The average molecular weight is 413 g/mol. The minimum Gasteiger partial charge on any atom is -0.396 e. The Morgan fingerprint density at radius 3 is 2.44 bits per heavy atom. The van der Waals surface area contributed by atoms with Crippen LogP contribution in [-0.4, -0.2) is 40.1 Å². The van der Waals surface area contributed by atoms with Crippen LogP contribution in [0.3, 0.4) is 0 Å². The van der Waals surface area contributed by atoms with E-state index in [0.29, 0.717) is 4.09 Å². The summed E-state index contributed by atoms with van der Waals surface area (Å²) in [5, 5.41) is 15.6. The van der Waals surface area contributed by atoms with E-state index in [2.05, 4.69) is 21.5 Å². The zero-order chi connectivity index (χ0) is 19.0. The standard InChI is InChI=1S/C17H21FN4O3S2/c18-26-22-17(27(24,25)9-3-8-23)20-16(21-22)19-15-13-6-1-4-11(13)10-12-5-2-7-14(12)15/h10,23H,1-9H2,(H,19,21). The second kappa shape index (κ2) is 7.40. The maximum atomic E-state index is 13.3. The second-order valence-corrected chi connectivity index (χ2v) is 9.40. The van der Waals surface area contributed by atoms with Crippen LogP contribution in [-0.2, 0) is 35.5 Å². The Labute approximate surface area is 161 Å². The van der Waals surface area contributed by atoms with E-state index >= 15 is 0 Å². The number of aryl methyl sites for hydroxylation is 2. The number of anilines is 2. The Hall–Kier alpha value is -1.65. The number of nitrogens with zero attached hydrogens (tertiary/aromatic N) is 3. The molecule has 0 aliphatic heterocycles. The number of nitrogens with one attached hydrogen (secondary N) is 1. The monoisotopic (exact) mass is 412 g/mol. The van der Waals surface area contributed by atoms with Gasteiger partial charge < -0.3 is 10.4 Å². The molecule has 27 heavy (non-hydrogen) atoms. The van der Waals surface area contributed by atoms with Crippen molar-refractivity contribution in [3.05, 3.63) is 28.3 Å². The molecule has 0 fully saturated rings. The van der Waals surface area contributed by atoms with Gasteiger partial charge in [-0.15, -0.1) is 13.1 Å². The third-order valence-electron chi connectivity index (χ3n) is 5.18. The molecule has 1 heterocycles. The first-order valence-corrected chi connectivity index (χ1v) is 11.4. The number of halogens is 1. The van der Waals surface area contributed by atoms with Gasteiger partial charge in [-0.1, -0.05) is 6.07 Å². The van der Waals surface area contributed by atoms with E-state index < -0.39 is 15.0 Å². The number of fused-ring (bicyclic) bond motifs is 2. The Balaban J connectivity index is 1.71. The van der Waals surface area contributed by atoms with Gasteiger partial charge in [0.05, 0.1) is 5.75 Å². The van der Waals surface area contributed by atoms with Crippen LogP contribution in [0.2, 0.25) is 0 Å². The third kappa shape index (κ3) is 3.45. The largest absolute Gasteiger partial charge is 0.396 e. The summed E-state index contributed by atoms with van der Waals surface area (Å²) in [5.41, 5.74) is 6.11. The van der Waals surface area contributed by atoms with E-state index in [1.807, 2.05) is 0 Å².